The van der Waals surface area contributed by atoms with Crippen molar-refractivity contribution in [1.82, 2.24) is 4.72 Å². The fourth-order valence-electron chi connectivity index (χ4n) is 1.42. The Bertz CT molecular complexity index is 423. The SMILES string of the molecule is O=C1NS(=O)(=O)C2C=C(I)C=CC12. The second-order valence-corrected chi connectivity index (χ2v) is 6.00. The molecule has 1 aliphatic carbocycles. The van der Waals surface area contributed by atoms with Gasteiger partial charge in [0.15, 0.2) is 0 Å². The number of allylic oxidation sites excluding steroid dienone is 2. The molecule has 2 rings (SSSR count). The standard InChI is InChI=1S/C7H6INO3S/c8-4-1-2-5-6(3-4)13(11,12)9-7(5)10/h1-3,5-6H,(H,9,10). The van der Waals surface area contributed by atoms with Crippen LogP contribution in [0.2, 0.25) is 0 Å². The van der Waals surface area contributed by atoms with E-state index in [1.807, 2.05) is 27.3 Å². The molecule has 2 unspecified atom stereocenters. The smallest absolute Gasteiger partial charge is 0.242 e. The van der Waals surface area contributed by atoms with Crippen LogP contribution >= 0.6 is 22.6 Å². The summed E-state index contributed by atoms with van der Waals surface area (Å²) in [6, 6.07) is 0. The van der Waals surface area contributed by atoms with E-state index in [1.54, 1.807) is 18.2 Å². The lowest BCUT2D eigenvalue weighted by atomic mass is 10.0. The lowest BCUT2D eigenvalue weighted by molar-refractivity contribution is -0.120. The van der Waals surface area contributed by atoms with Crippen LogP contribution < -0.4 is 4.72 Å². The molecule has 1 saturated heterocycles. The Morgan fingerprint density at radius 2 is 2.15 bits per heavy atom. The van der Waals surface area contributed by atoms with Crippen molar-refractivity contribution in [3.63, 3.8) is 0 Å². The molecule has 2 aliphatic rings. The number of rotatable bonds is 0. The number of hydrogen-bond acceptors (Lipinski definition) is 3. The fourth-order valence-corrected chi connectivity index (χ4v) is 3.73. The number of hydrogen-bond donors (Lipinski definition) is 1. The van der Waals surface area contributed by atoms with E-state index in [-0.39, 0.29) is 0 Å². The van der Waals surface area contributed by atoms with E-state index >= 15 is 0 Å². The molecule has 1 N–H and O–H groups in total. The Labute approximate surface area is 89.3 Å². The predicted octanol–water partition coefficient (Wildman–Crippen LogP) is 0.320. The zero-order valence-electron chi connectivity index (χ0n) is 6.40. The number of sulfonamides is 1. The van der Waals surface area contributed by atoms with Crippen molar-refractivity contribution < 1.29 is 13.2 Å². The van der Waals surface area contributed by atoms with E-state index in [9.17, 15) is 13.2 Å². The highest BCUT2D eigenvalue weighted by Crippen LogP contribution is 2.29. The van der Waals surface area contributed by atoms with Crippen LogP contribution in [0.1, 0.15) is 0 Å². The van der Waals surface area contributed by atoms with E-state index in [1.165, 1.54) is 0 Å². The summed E-state index contributed by atoms with van der Waals surface area (Å²) in [5.74, 6) is -0.968. The molecule has 0 radical (unpaired) electrons. The molecule has 6 heteroatoms. The predicted molar refractivity (Wildman–Crippen MR) is 55.6 cm³/mol. The van der Waals surface area contributed by atoms with Gasteiger partial charge in [-0.05, 0) is 22.6 Å². The minimum absolute atomic E-state index is 0.429. The van der Waals surface area contributed by atoms with Crippen LogP contribution in [0.4, 0.5) is 0 Å². The van der Waals surface area contributed by atoms with Crippen molar-refractivity contribution in [3.8, 4) is 0 Å². The van der Waals surface area contributed by atoms with Crippen molar-refractivity contribution in [2.75, 3.05) is 0 Å². The summed E-state index contributed by atoms with van der Waals surface area (Å²) in [7, 11) is -3.46. The molecule has 0 aromatic carbocycles. The van der Waals surface area contributed by atoms with Gasteiger partial charge in [-0.3, -0.25) is 9.52 Å². The van der Waals surface area contributed by atoms with Crippen LogP contribution in [0.5, 0.6) is 0 Å². The molecule has 1 fully saturated rings. The molecule has 4 nitrogen and oxygen atoms in total. The molecule has 0 aromatic heterocycles. The maximum atomic E-state index is 11.3. The molecule has 0 spiro atoms. The van der Waals surface area contributed by atoms with Gasteiger partial charge < -0.3 is 0 Å². The molecule has 70 valence electrons. The minimum atomic E-state index is -3.46. The molecule has 0 saturated carbocycles. The van der Waals surface area contributed by atoms with Crippen LogP contribution in [-0.2, 0) is 14.8 Å². The molecule has 13 heavy (non-hydrogen) atoms. The van der Waals surface area contributed by atoms with E-state index in [0.717, 1.165) is 3.58 Å². The van der Waals surface area contributed by atoms with E-state index < -0.39 is 27.1 Å². The van der Waals surface area contributed by atoms with E-state index in [4.69, 9.17) is 0 Å². The van der Waals surface area contributed by atoms with E-state index in [2.05, 4.69) is 0 Å². The fraction of sp³-hybridized carbons (Fsp3) is 0.286. The van der Waals surface area contributed by atoms with Gasteiger partial charge in [-0.25, -0.2) is 8.42 Å². The Morgan fingerprint density at radius 3 is 2.85 bits per heavy atom. The first-order chi connectivity index (χ1) is 6.00. The third-order valence-corrected chi connectivity index (χ3v) is 4.39. The largest absolute Gasteiger partial charge is 0.273 e. The number of amides is 1. The van der Waals surface area contributed by atoms with Gasteiger partial charge >= 0.3 is 0 Å². The highest BCUT2D eigenvalue weighted by molar-refractivity contribution is 14.1. The Kier molecular flexibility index (Phi) is 1.99. The Hall–Kier alpha value is -0.370. The zero-order valence-corrected chi connectivity index (χ0v) is 9.37. The summed E-state index contributed by atoms with van der Waals surface area (Å²) in [6.07, 6.45) is 4.98. The van der Waals surface area contributed by atoms with Crippen molar-refractivity contribution in [2.45, 2.75) is 5.25 Å². The van der Waals surface area contributed by atoms with Gasteiger partial charge in [-0.2, -0.15) is 0 Å². The van der Waals surface area contributed by atoms with Crippen molar-refractivity contribution in [1.29, 1.82) is 0 Å². The lowest BCUT2D eigenvalue weighted by Gasteiger charge is -2.11. The van der Waals surface area contributed by atoms with Gasteiger partial charge in [-0.1, -0.05) is 18.2 Å². The monoisotopic (exact) mass is 311 g/mol. The molecule has 2 atom stereocenters. The zero-order chi connectivity index (χ0) is 9.64. The van der Waals surface area contributed by atoms with Crippen LogP contribution in [0, 0.1) is 5.92 Å². The van der Waals surface area contributed by atoms with Gasteiger partial charge in [0.05, 0.1) is 5.92 Å². The number of carbonyl (C=O) groups is 1. The summed E-state index contributed by atoms with van der Waals surface area (Å²) >= 11 is 2.03. The van der Waals surface area contributed by atoms with Gasteiger partial charge in [0.1, 0.15) is 5.25 Å². The number of fused-ring (bicyclic) bond motifs is 1. The summed E-state index contributed by atoms with van der Waals surface area (Å²) < 4.78 is 25.5. The number of carbonyl (C=O) groups excluding carboxylic acids is 1. The maximum Gasteiger partial charge on any atom is 0.242 e. The average molecular weight is 311 g/mol. The minimum Gasteiger partial charge on any atom is -0.273 e. The van der Waals surface area contributed by atoms with Gasteiger partial charge in [0, 0.05) is 3.58 Å². The molecule has 0 aromatic rings. The highest BCUT2D eigenvalue weighted by Gasteiger charge is 2.44. The van der Waals surface area contributed by atoms with Gasteiger partial charge in [-0.15, -0.1) is 0 Å². The van der Waals surface area contributed by atoms with Crippen molar-refractivity contribution in [2.24, 2.45) is 5.92 Å². The van der Waals surface area contributed by atoms with Gasteiger partial charge in [0.25, 0.3) is 0 Å². The first-order valence-electron chi connectivity index (χ1n) is 3.62. The van der Waals surface area contributed by atoms with Crippen molar-refractivity contribution >= 4 is 38.5 Å². The molecular formula is C7H6INO3S. The summed E-state index contributed by atoms with van der Waals surface area (Å²) in [5.41, 5.74) is 0. The van der Waals surface area contributed by atoms with E-state index in [0.29, 0.717) is 0 Å². The number of halogens is 1. The maximum absolute atomic E-state index is 11.3. The first-order valence-corrected chi connectivity index (χ1v) is 6.24. The Morgan fingerprint density at radius 1 is 1.46 bits per heavy atom. The second-order valence-electron chi connectivity index (χ2n) is 2.91. The van der Waals surface area contributed by atoms with Gasteiger partial charge in [0.2, 0.25) is 15.9 Å². The molecule has 1 amide bonds. The summed E-state index contributed by atoms with van der Waals surface area (Å²) in [4.78, 5) is 11.2. The summed E-state index contributed by atoms with van der Waals surface area (Å²) in [5, 5.41) is -0.711. The summed E-state index contributed by atoms with van der Waals surface area (Å²) in [6.45, 7) is 0. The third kappa shape index (κ3) is 1.41. The quantitative estimate of drug-likeness (QED) is 0.655. The molecule has 0 bridgehead atoms. The topological polar surface area (TPSA) is 63.2 Å². The lowest BCUT2D eigenvalue weighted by Crippen LogP contribution is -2.24. The van der Waals surface area contributed by atoms with Crippen LogP contribution in [0.3, 0.4) is 0 Å². The highest BCUT2D eigenvalue weighted by atomic mass is 127. The second kappa shape index (κ2) is 2.81. The van der Waals surface area contributed by atoms with Crippen molar-refractivity contribution in [3.05, 3.63) is 21.8 Å². The third-order valence-electron chi connectivity index (χ3n) is 2.04. The first kappa shape index (κ1) is 9.20. The molecular weight excluding hydrogens is 305 g/mol. The normalized spacial score (nSPS) is 35.2. The van der Waals surface area contributed by atoms with Crippen LogP contribution in [-0.4, -0.2) is 19.6 Å². The molecule has 1 heterocycles. The molecule has 1 aliphatic heterocycles. The Balaban J connectivity index is 2.51. The number of nitrogens with one attached hydrogen (secondary N) is 1. The van der Waals surface area contributed by atoms with Crippen LogP contribution in [0.15, 0.2) is 21.8 Å². The average Bonchev–Trinajstić information content (AvgIpc) is 2.23. The van der Waals surface area contributed by atoms with Crippen LogP contribution in [0.25, 0.3) is 0 Å².